The molecule has 3 N–H and O–H groups in total. The van der Waals surface area contributed by atoms with Gasteiger partial charge in [0.05, 0.1) is 40.3 Å². The SMILES string of the molecule is COc1ncc(NC(=O)C(=O)N2C[C@@H](C)CC[C@@H]2c2ccc3sc([C@H]4C[C@@H](N(C)C)C4)nc3c2)cc1C(N)=O. The number of anilines is 1. The highest BCUT2D eigenvalue weighted by molar-refractivity contribution is 7.18. The predicted molar refractivity (Wildman–Crippen MR) is 150 cm³/mol. The van der Waals surface area contributed by atoms with Crippen molar-refractivity contribution in [3.8, 4) is 5.88 Å². The Morgan fingerprint density at radius 2 is 1.95 bits per heavy atom. The average Bonchev–Trinajstić information content (AvgIpc) is 3.29. The van der Waals surface area contributed by atoms with E-state index in [9.17, 15) is 14.4 Å². The summed E-state index contributed by atoms with van der Waals surface area (Å²) in [6.45, 7) is 2.55. The fraction of sp³-hybridized carbons (Fsp3) is 0.464. The highest BCUT2D eigenvalue weighted by atomic mass is 32.1. The molecular formula is C28H34N6O4S. The molecule has 0 spiro atoms. The monoisotopic (exact) mass is 550 g/mol. The summed E-state index contributed by atoms with van der Waals surface area (Å²) in [5.41, 5.74) is 7.53. The van der Waals surface area contributed by atoms with E-state index in [4.69, 9.17) is 15.5 Å². The summed E-state index contributed by atoms with van der Waals surface area (Å²) in [5, 5.41) is 3.75. The summed E-state index contributed by atoms with van der Waals surface area (Å²) >= 11 is 1.75. The summed E-state index contributed by atoms with van der Waals surface area (Å²) in [6, 6.07) is 7.95. The van der Waals surface area contributed by atoms with Gasteiger partial charge >= 0.3 is 11.8 Å². The maximum Gasteiger partial charge on any atom is 0.313 e. The molecule has 2 fully saturated rings. The zero-order chi connectivity index (χ0) is 27.8. The van der Waals surface area contributed by atoms with E-state index in [1.165, 1.54) is 24.4 Å². The number of nitrogens with two attached hydrogens (primary N) is 1. The quantitative estimate of drug-likeness (QED) is 0.449. The second kappa shape index (κ2) is 10.9. The van der Waals surface area contributed by atoms with Crippen LogP contribution in [0.15, 0.2) is 30.5 Å². The molecule has 3 aromatic rings. The number of amides is 3. The third-order valence-corrected chi connectivity index (χ3v) is 9.04. The lowest BCUT2D eigenvalue weighted by atomic mass is 9.80. The number of pyridine rings is 1. The number of benzene rings is 1. The smallest absolute Gasteiger partial charge is 0.313 e. The van der Waals surface area contributed by atoms with Gasteiger partial charge in [0.1, 0.15) is 5.56 Å². The summed E-state index contributed by atoms with van der Waals surface area (Å²) in [7, 11) is 5.61. The molecule has 3 heterocycles. The number of piperidine rings is 1. The summed E-state index contributed by atoms with van der Waals surface area (Å²) in [4.78, 5) is 51.1. The van der Waals surface area contributed by atoms with Gasteiger partial charge in [-0.3, -0.25) is 14.4 Å². The number of nitrogens with one attached hydrogen (secondary N) is 1. The van der Waals surface area contributed by atoms with Gasteiger partial charge in [-0.25, -0.2) is 9.97 Å². The Balaban J connectivity index is 1.34. The highest BCUT2D eigenvalue weighted by Gasteiger charge is 2.36. The minimum absolute atomic E-state index is 0.0160. The first-order valence-electron chi connectivity index (χ1n) is 13.2. The van der Waals surface area contributed by atoms with Crippen LogP contribution in [-0.4, -0.2) is 71.3 Å². The molecule has 10 nitrogen and oxygen atoms in total. The Labute approximate surface area is 231 Å². The van der Waals surface area contributed by atoms with Gasteiger partial charge in [0.15, 0.2) is 0 Å². The van der Waals surface area contributed by atoms with Crippen LogP contribution in [-0.2, 0) is 9.59 Å². The van der Waals surface area contributed by atoms with Crippen molar-refractivity contribution in [1.29, 1.82) is 0 Å². The molecule has 1 saturated carbocycles. The number of rotatable bonds is 6. The van der Waals surface area contributed by atoms with Crippen molar-refractivity contribution in [1.82, 2.24) is 19.8 Å². The molecule has 206 valence electrons. The summed E-state index contributed by atoms with van der Waals surface area (Å²) in [6.07, 6.45) is 5.29. The average molecular weight is 551 g/mol. The van der Waals surface area contributed by atoms with Gasteiger partial charge in [-0.2, -0.15) is 0 Å². The Morgan fingerprint density at radius 1 is 1.18 bits per heavy atom. The Kier molecular flexibility index (Phi) is 7.55. The third-order valence-electron chi connectivity index (χ3n) is 7.85. The zero-order valence-corrected chi connectivity index (χ0v) is 23.5. The second-order valence-corrected chi connectivity index (χ2v) is 11.9. The van der Waals surface area contributed by atoms with Gasteiger partial charge < -0.3 is 25.6 Å². The number of carbonyl (C=O) groups is 3. The molecule has 1 aliphatic heterocycles. The van der Waals surface area contributed by atoms with Crippen molar-refractivity contribution in [2.75, 3.05) is 33.1 Å². The van der Waals surface area contributed by atoms with E-state index in [1.54, 1.807) is 16.2 Å². The lowest BCUT2D eigenvalue weighted by Gasteiger charge is -2.38. The van der Waals surface area contributed by atoms with E-state index in [-0.39, 0.29) is 29.1 Å². The van der Waals surface area contributed by atoms with Crippen molar-refractivity contribution in [2.24, 2.45) is 11.7 Å². The lowest BCUT2D eigenvalue weighted by Crippen LogP contribution is -2.46. The molecule has 3 amide bonds. The summed E-state index contributed by atoms with van der Waals surface area (Å²) < 4.78 is 6.18. The van der Waals surface area contributed by atoms with Crippen molar-refractivity contribution < 1.29 is 19.1 Å². The summed E-state index contributed by atoms with van der Waals surface area (Å²) in [5.74, 6) is -1.37. The lowest BCUT2D eigenvalue weighted by molar-refractivity contribution is -0.146. The van der Waals surface area contributed by atoms with Crippen molar-refractivity contribution in [3.63, 3.8) is 0 Å². The normalized spacial score (nSPS) is 22.9. The minimum Gasteiger partial charge on any atom is -0.480 e. The van der Waals surface area contributed by atoms with Crippen molar-refractivity contribution in [2.45, 2.75) is 50.6 Å². The first-order chi connectivity index (χ1) is 18.6. The number of thiazole rings is 1. The molecule has 1 aliphatic carbocycles. The molecule has 2 atom stereocenters. The number of methoxy groups -OCH3 is 1. The minimum atomic E-state index is -0.797. The molecule has 0 bridgehead atoms. The van der Waals surface area contributed by atoms with E-state index in [1.807, 2.05) is 0 Å². The van der Waals surface area contributed by atoms with Crippen LogP contribution in [0.25, 0.3) is 10.2 Å². The number of carbonyl (C=O) groups excluding carboxylic acids is 3. The first kappa shape index (κ1) is 27.0. The number of fused-ring (bicyclic) bond motifs is 1. The maximum atomic E-state index is 13.4. The first-order valence-corrected chi connectivity index (χ1v) is 14.0. The van der Waals surface area contributed by atoms with E-state index < -0.39 is 17.7 Å². The highest BCUT2D eigenvalue weighted by Crippen LogP contribution is 2.43. The van der Waals surface area contributed by atoms with Crippen LogP contribution in [0.2, 0.25) is 0 Å². The van der Waals surface area contributed by atoms with Crippen LogP contribution in [0.5, 0.6) is 5.88 Å². The van der Waals surface area contributed by atoms with Crippen molar-refractivity contribution >= 4 is 45.0 Å². The fourth-order valence-corrected chi connectivity index (χ4v) is 6.53. The van der Waals surface area contributed by atoms with E-state index >= 15 is 0 Å². The van der Waals surface area contributed by atoms with E-state index in [0.29, 0.717) is 18.5 Å². The number of likely N-dealkylation sites (tertiary alicyclic amines) is 1. The molecule has 2 aromatic heterocycles. The molecule has 0 unspecified atom stereocenters. The number of nitrogens with zero attached hydrogens (tertiary/aromatic N) is 4. The molecule has 1 saturated heterocycles. The third kappa shape index (κ3) is 5.46. The Bertz CT molecular complexity index is 1420. The van der Waals surface area contributed by atoms with Crippen LogP contribution in [0.3, 0.4) is 0 Å². The molecule has 39 heavy (non-hydrogen) atoms. The number of ether oxygens (including phenoxy) is 1. The van der Waals surface area contributed by atoms with Gasteiger partial charge in [0.2, 0.25) is 5.88 Å². The zero-order valence-electron chi connectivity index (χ0n) is 22.6. The molecular weight excluding hydrogens is 516 g/mol. The molecule has 5 rings (SSSR count). The Morgan fingerprint density at radius 3 is 2.64 bits per heavy atom. The van der Waals surface area contributed by atoms with Gasteiger partial charge in [-0.05, 0) is 69.5 Å². The van der Waals surface area contributed by atoms with Crippen LogP contribution in [0.1, 0.15) is 65.5 Å². The van der Waals surface area contributed by atoms with Gasteiger partial charge in [-0.1, -0.05) is 13.0 Å². The molecule has 2 aliphatic rings. The van der Waals surface area contributed by atoms with Gasteiger partial charge in [0, 0.05) is 18.5 Å². The number of aromatic nitrogens is 2. The van der Waals surface area contributed by atoms with E-state index in [2.05, 4.69) is 54.4 Å². The molecule has 11 heteroatoms. The van der Waals surface area contributed by atoms with E-state index in [0.717, 1.165) is 41.5 Å². The number of hydrogen-bond acceptors (Lipinski definition) is 8. The maximum absolute atomic E-state index is 13.4. The van der Waals surface area contributed by atoms with Crippen molar-refractivity contribution in [3.05, 3.63) is 46.6 Å². The Hall–Kier alpha value is -3.57. The van der Waals surface area contributed by atoms with Crippen LogP contribution in [0, 0.1) is 5.92 Å². The second-order valence-electron chi connectivity index (χ2n) is 10.8. The van der Waals surface area contributed by atoms with Crippen LogP contribution >= 0.6 is 11.3 Å². The topological polar surface area (TPSA) is 131 Å². The largest absolute Gasteiger partial charge is 0.480 e. The van der Waals surface area contributed by atoms with Crippen LogP contribution < -0.4 is 15.8 Å². The fourth-order valence-electron chi connectivity index (χ4n) is 5.45. The van der Waals surface area contributed by atoms with Crippen LogP contribution in [0.4, 0.5) is 5.69 Å². The van der Waals surface area contributed by atoms with Gasteiger partial charge in [0.25, 0.3) is 5.91 Å². The molecule has 0 radical (unpaired) electrons. The standard InChI is InChI=1S/C28H34N6O4S/c1-15-5-7-22(16-6-8-23-21(11-16)32-27(39-23)17-9-19(10-17)33(2)3)34(14-15)28(37)25(36)31-18-12-20(24(29)35)26(38-4)30-13-18/h6,8,11-13,15,17,19,22H,5,7,9-10,14H2,1-4H3,(H2,29,35)(H,31,36)/t15-,17-,19+,22+/m0/s1. The van der Waals surface area contributed by atoms with Gasteiger partial charge in [-0.15, -0.1) is 11.3 Å². The predicted octanol–water partition coefficient (Wildman–Crippen LogP) is 3.54. The molecule has 1 aromatic carbocycles. The number of hydrogen-bond donors (Lipinski definition) is 2. The number of primary amides is 1.